The number of para-hydroxylation sites is 1. The summed E-state index contributed by atoms with van der Waals surface area (Å²) in [7, 11) is 0. The van der Waals surface area contributed by atoms with Crippen molar-refractivity contribution in [3.05, 3.63) is 90.5 Å². The van der Waals surface area contributed by atoms with Gasteiger partial charge in [-0.1, -0.05) is 18.2 Å². The minimum Gasteiger partial charge on any atom is -0.355 e. The summed E-state index contributed by atoms with van der Waals surface area (Å²) in [5, 5.41) is 4.70. The summed E-state index contributed by atoms with van der Waals surface area (Å²) in [6, 6.07) is 15.6. The van der Waals surface area contributed by atoms with Crippen LogP contribution in [0.1, 0.15) is 22.3 Å². The number of aromatic nitrogens is 4. The van der Waals surface area contributed by atoms with Crippen LogP contribution in [0.15, 0.2) is 79.4 Å². The largest absolute Gasteiger partial charge is 0.417 e. The van der Waals surface area contributed by atoms with E-state index in [0.717, 1.165) is 23.5 Å². The number of carbonyl (C=O) groups excluding carboxylic acids is 1. The van der Waals surface area contributed by atoms with Gasteiger partial charge in [-0.05, 0) is 42.8 Å². The molecule has 5 rings (SSSR count). The normalized spacial score (nSPS) is 14.5. The lowest BCUT2D eigenvalue weighted by Gasteiger charge is -2.23. The van der Waals surface area contributed by atoms with E-state index in [9.17, 15) is 18.0 Å². The number of anilines is 1. The van der Waals surface area contributed by atoms with Crippen LogP contribution in [0.2, 0.25) is 0 Å². The molecule has 1 aliphatic heterocycles. The van der Waals surface area contributed by atoms with Crippen molar-refractivity contribution < 1.29 is 18.0 Å². The van der Waals surface area contributed by atoms with Crippen LogP contribution in [-0.4, -0.2) is 56.7 Å². The van der Waals surface area contributed by atoms with E-state index < -0.39 is 11.7 Å². The van der Waals surface area contributed by atoms with Crippen LogP contribution in [0.25, 0.3) is 16.9 Å². The molecular formula is C26H23F3N6O. The number of pyridine rings is 2. The Morgan fingerprint density at radius 1 is 0.889 bits per heavy atom. The van der Waals surface area contributed by atoms with Crippen molar-refractivity contribution in [1.82, 2.24) is 24.6 Å². The van der Waals surface area contributed by atoms with Gasteiger partial charge in [-0.2, -0.15) is 18.3 Å². The van der Waals surface area contributed by atoms with Gasteiger partial charge in [0.25, 0.3) is 5.91 Å². The number of benzene rings is 1. The second-order valence-corrected chi connectivity index (χ2v) is 8.45. The fourth-order valence-electron chi connectivity index (χ4n) is 4.22. The molecule has 1 saturated heterocycles. The summed E-state index contributed by atoms with van der Waals surface area (Å²) in [5.41, 5.74) is 1.80. The average molecular weight is 493 g/mol. The Balaban J connectivity index is 1.38. The van der Waals surface area contributed by atoms with E-state index in [1.54, 1.807) is 34.2 Å². The maximum absolute atomic E-state index is 13.7. The summed E-state index contributed by atoms with van der Waals surface area (Å²) in [6.45, 7) is 1.96. The summed E-state index contributed by atoms with van der Waals surface area (Å²) in [4.78, 5) is 25.5. The first-order chi connectivity index (χ1) is 17.4. The second kappa shape index (κ2) is 9.80. The fraction of sp³-hybridized carbons (Fsp3) is 0.231. The highest BCUT2D eigenvalue weighted by atomic mass is 19.4. The first kappa shape index (κ1) is 23.5. The van der Waals surface area contributed by atoms with Gasteiger partial charge in [0.15, 0.2) is 0 Å². The Labute approximate surface area is 205 Å². The summed E-state index contributed by atoms with van der Waals surface area (Å²) < 4.78 is 40.3. The molecule has 0 spiro atoms. The molecule has 1 aliphatic rings. The third-order valence-corrected chi connectivity index (χ3v) is 6.08. The summed E-state index contributed by atoms with van der Waals surface area (Å²) >= 11 is 0. The van der Waals surface area contributed by atoms with Crippen LogP contribution in [0, 0.1) is 0 Å². The van der Waals surface area contributed by atoms with E-state index in [1.807, 2.05) is 41.3 Å². The average Bonchev–Trinajstić information content (AvgIpc) is 3.20. The van der Waals surface area contributed by atoms with E-state index in [1.165, 1.54) is 6.07 Å². The number of halogens is 3. The van der Waals surface area contributed by atoms with Crippen molar-refractivity contribution in [2.75, 3.05) is 31.1 Å². The number of rotatable bonds is 4. The fourth-order valence-corrected chi connectivity index (χ4v) is 4.22. The number of nitrogens with zero attached hydrogens (tertiary/aromatic N) is 6. The van der Waals surface area contributed by atoms with Crippen molar-refractivity contribution in [2.24, 2.45) is 0 Å². The van der Waals surface area contributed by atoms with Crippen LogP contribution < -0.4 is 4.90 Å². The molecule has 4 aromatic rings. The first-order valence-corrected chi connectivity index (χ1v) is 11.5. The zero-order valence-corrected chi connectivity index (χ0v) is 19.3. The highest BCUT2D eigenvalue weighted by molar-refractivity contribution is 6.00. The standard InChI is InChI=1S/C26H23F3N6O/c27-26(28,29)20-9-10-23(31-17-20)33-12-5-13-34(15-14-33)25(36)22-18-35(21-7-2-1-3-8-21)32-24(22)19-6-4-11-30-16-19/h1-4,6-11,16-18H,5,12-15H2. The monoisotopic (exact) mass is 492 g/mol. The molecule has 4 heterocycles. The molecule has 1 amide bonds. The first-order valence-electron chi connectivity index (χ1n) is 11.5. The smallest absolute Gasteiger partial charge is 0.355 e. The predicted octanol–water partition coefficient (Wildman–Crippen LogP) is 4.70. The Hall–Kier alpha value is -4.21. The van der Waals surface area contributed by atoms with Crippen LogP contribution in [0.3, 0.4) is 0 Å². The van der Waals surface area contributed by atoms with Crippen LogP contribution in [0.5, 0.6) is 0 Å². The van der Waals surface area contributed by atoms with Crippen molar-refractivity contribution in [3.63, 3.8) is 0 Å². The Kier molecular flexibility index (Phi) is 6.41. The third kappa shape index (κ3) is 4.93. The summed E-state index contributed by atoms with van der Waals surface area (Å²) in [6.07, 6.45) is 2.15. The van der Waals surface area contributed by atoms with E-state index in [0.29, 0.717) is 49.7 Å². The van der Waals surface area contributed by atoms with Gasteiger partial charge in [-0.3, -0.25) is 9.78 Å². The number of hydrogen-bond donors (Lipinski definition) is 0. The molecule has 10 heteroatoms. The highest BCUT2D eigenvalue weighted by Crippen LogP contribution is 2.30. The Bertz CT molecular complexity index is 1320. The van der Waals surface area contributed by atoms with E-state index in [2.05, 4.69) is 9.97 Å². The molecule has 1 fully saturated rings. The van der Waals surface area contributed by atoms with E-state index in [-0.39, 0.29) is 5.91 Å². The second-order valence-electron chi connectivity index (χ2n) is 8.45. The molecule has 0 saturated carbocycles. The number of alkyl halides is 3. The molecule has 0 N–H and O–H groups in total. The van der Waals surface area contributed by atoms with Crippen molar-refractivity contribution in [2.45, 2.75) is 12.6 Å². The van der Waals surface area contributed by atoms with E-state index >= 15 is 0 Å². The molecule has 0 unspecified atom stereocenters. The third-order valence-electron chi connectivity index (χ3n) is 6.08. The maximum atomic E-state index is 13.7. The van der Waals surface area contributed by atoms with E-state index in [4.69, 9.17) is 5.10 Å². The SMILES string of the molecule is O=C(c1cn(-c2ccccc2)nc1-c1cccnc1)N1CCCN(c2ccc(C(F)(F)F)cn2)CC1. The zero-order valence-electron chi connectivity index (χ0n) is 19.3. The van der Waals surface area contributed by atoms with Gasteiger partial charge in [0.1, 0.15) is 11.5 Å². The van der Waals surface area contributed by atoms with Crippen LogP contribution in [0.4, 0.5) is 19.0 Å². The zero-order chi connectivity index (χ0) is 25.1. The molecule has 7 nitrogen and oxygen atoms in total. The van der Waals surface area contributed by atoms with Crippen molar-refractivity contribution in [3.8, 4) is 16.9 Å². The Morgan fingerprint density at radius 3 is 2.42 bits per heavy atom. The number of hydrogen-bond acceptors (Lipinski definition) is 5. The molecule has 0 aliphatic carbocycles. The van der Waals surface area contributed by atoms with Gasteiger partial charge < -0.3 is 9.80 Å². The lowest BCUT2D eigenvalue weighted by Crippen LogP contribution is -2.35. The van der Waals surface area contributed by atoms with Gasteiger partial charge in [0.2, 0.25) is 0 Å². The minimum absolute atomic E-state index is 0.154. The molecule has 0 bridgehead atoms. The maximum Gasteiger partial charge on any atom is 0.417 e. The van der Waals surface area contributed by atoms with Gasteiger partial charge in [0.05, 0.1) is 16.8 Å². The molecular weight excluding hydrogens is 469 g/mol. The highest BCUT2D eigenvalue weighted by Gasteiger charge is 2.31. The molecule has 0 radical (unpaired) electrons. The van der Waals surface area contributed by atoms with Crippen molar-refractivity contribution >= 4 is 11.7 Å². The molecule has 0 atom stereocenters. The summed E-state index contributed by atoms with van der Waals surface area (Å²) in [5.74, 6) is 0.309. The predicted molar refractivity (Wildman–Crippen MR) is 129 cm³/mol. The van der Waals surface area contributed by atoms with Gasteiger partial charge in [-0.15, -0.1) is 0 Å². The molecule has 184 valence electrons. The van der Waals surface area contributed by atoms with Crippen molar-refractivity contribution in [1.29, 1.82) is 0 Å². The topological polar surface area (TPSA) is 67.2 Å². The van der Waals surface area contributed by atoms with Gasteiger partial charge in [0, 0.05) is 56.5 Å². The molecule has 1 aromatic carbocycles. The van der Waals surface area contributed by atoms with Crippen LogP contribution >= 0.6 is 0 Å². The van der Waals surface area contributed by atoms with Crippen LogP contribution in [-0.2, 0) is 6.18 Å². The molecule has 3 aromatic heterocycles. The Morgan fingerprint density at radius 2 is 1.72 bits per heavy atom. The number of carbonyl (C=O) groups is 1. The lowest BCUT2D eigenvalue weighted by atomic mass is 10.1. The lowest BCUT2D eigenvalue weighted by molar-refractivity contribution is -0.137. The van der Waals surface area contributed by atoms with Gasteiger partial charge in [-0.25, -0.2) is 9.67 Å². The molecule has 36 heavy (non-hydrogen) atoms. The van der Waals surface area contributed by atoms with Gasteiger partial charge >= 0.3 is 6.18 Å². The number of amides is 1. The quantitative estimate of drug-likeness (QED) is 0.413. The minimum atomic E-state index is -4.43.